The van der Waals surface area contributed by atoms with E-state index in [1.165, 1.54) is 5.56 Å². The van der Waals surface area contributed by atoms with Gasteiger partial charge in [0.05, 0.1) is 7.11 Å². The van der Waals surface area contributed by atoms with Crippen LogP contribution < -0.4 is 4.74 Å². The number of Topliss-reactive ketones (excluding diaryl/α,β-unsaturated/α-hetero) is 1. The Morgan fingerprint density at radius 3 is 2.71 bits per heavy atom. The summed E-state index contributed by atoms with van der Waals surface area (Å²) in [5.74, 6) is 1.53. The van der Waals surface area contributed by atoms with Crippen LogP contribution in [-0.2, 0) is 11.2 Å². The van der Waals surface area contributed by atoms with Gasteiger partial charge in [-0.3, -0.25) is 4.79 Å². The van der Waals surface area contributed by atoms with Crippen molar-refractivity contribution in [3.63, 3.8) is 0 Å². The predicted molar refractivity (Wildman–Crippen MR) is 70.9 cm³/mol. The van der Waals surface area contributed by atoms with Crippen molar-refractivity contribution in [2.75, 3.05) is 13.0 Å². The van der Waals surface area contributed by atoms with Gasteiger partial charge >= 0.3 is 0 Å². The Balaban J connectivity index is 2.91. The van der Waals surface area contributed by atoms with E-state index >= 15 is 0 Å². The second-order valence-electron chi connectivity index (χ2n) is 4.30. The first-order valence-corrected chi connectivity index (χ1v) is 6.32. The molecule has 0 saturated carbocycles. The smallest absolute Gasteiger partial charge is 0.133 e. The molecule has 0 aliphatic carbocycles. The summed E-state index contributed by atoms with van der Waals surface area (Å²) in [7, 11) is 1.65. The minimum absolute atomic E-state index is 0.0109. The molecule has 0 aliphatic rings. The molecule has 1 atom stereocenters. The molecular formula is C14H19ClO2. The van der Waals surface area contributed by atoms with Gasteiger partial charge in [-0.1, -0.05) is 17.7 Å². The third kappa shape index (κ3) is 4.04. The number of methoxy groups -OCH3 is 1. The van der Waals surface area contributed by atoms with Gasteiger partial charge < -0.3 is 4.74 Å². The molecule has 0 saturated heterocycles. The van der Waals surface area contributed by atoms with Gasteiger partial charge in [0.1, 0.15) is 11.5 Å². The third-order valence-electron chi connectivity index (χ3n) is 2.93. The van der Waals surface area contributed by atoms with Crippen LogP contribution >= 0.6 is 11.6 Å². The van der Waals surface area contributed by atoms with E-state index in [1.807, 2.05) is 19.1 Å². The average Bonchev–Trinajstić information content (AvgIpc) is 2.28. The minimum atomic E-state index is -0.0109. The van der Waals surface area contributed by atoms with E-state index in [0.717, 1.165) is 11.3 Å². The highest BCUT2D eigenvalue weighted by Gasteiger charge is 2.16. The fourth-order valence-electron chi connectivity index (χ4n) is 1.91. The van der Waals surface area contributed by atoms with Crippen molar-refractivity contribution in [2.24, 2.45) is 5.92 Å². The van der Waals surface area contributed by atoms with Crippen molar-refractivity contribution in [2.45, 2.75) is 26.7 Å². The lowest BCUT2D eigenvalue weighted by Gasteiger charge is -2.15. The molecule has 0 aromatic heterocycles. The molecule has 0 bridgehead atoms. The molecule has 94 valence electrons. The van der Waals surface area contributed by atoms with E-state index in [2.05, 4.69) is 6.07 Å². The lowest BCUT2D eigenvalue weighted by Crippen LogP contribution is -2.15. The van der Waals surface area contributed by atoms with Crippen LogP contribution in [0.15, 0.2) is 18.2 Å². The predicted octanol–water partition coefficient (Wildman–Crippen LogP) is 3.38. The Morgan fingerprint density at radius 2 is 2.18 bits per heavy atom. The largest absolute Gasteiger partial charge is 0.496 e. The third-order valence-corrected chi connectivity index (χ3v) is 3.15. The zero-order valence-electron chi connectivity index (χ0n) is 10.6. The fraction of sp³-hybridized carbons (Fsp3) is 0.500. The summed E-state index contributed by atoms with van der Waals surface area (Å²) < 4.78 is 5.31. The second-order valence-corrected chi connectivity index (χ2v) is 4.68. The van der Waals surface area contributed by atoms with Crippen LogP contribution in [0.2, 0.25) is 0 Å². The maximum absolute atomic E-state index is 11.5. The standard InChI is InChI=1S/C14H19ClO2/c1-10-4-5-14(17-3)13(8-10)9-12(6-7-15)11(2)16/h4-5,8,12H,6-7,9H2,1-3H3. The van der Waals surface area contributed by atoms with Crippen molar-refractivity contribution < 1.29 is 9.53 Å². The van der Waals surface area contributed by atoms with Gasteiger partial charge in [0.15, 0.2) is 0 Å². The normalized spacial score (nSPS) is 12.2. The zero-order chi connectivity index (χ0) is 12.8. The first kappa shape index (κ1) is 14.0. The van der Waals surface area contributed by atoms with Crippen molar-refractivity contribution in [1.29, 1.82) is 0 Å². The van der Waals surface area contributed by atoms with Crippen molar-refractivity contribution in [1.82, 2.24) is 0 Å². The summed E-state index contributed by atoms with van der Waals surface area (Å²) >= 11 is 5.73. The van der Waals surface area contributed by atoms with Crippen LogP contribution in [0.5, 0.6) is 5.75 Å². The molecule has 0 aliphatic heterocycles. The summed E-state index contributed by atoms with van der Waals surface area (Å²) in [6, 6.07) is 6.03. The van der Waals surface area contributed by atoms with Crippen LogP contribution in [0, 0.1) is 12.8 Å². The number of ketones is 1. The Bertz CT molecular complexity index is 388. The maximum Gasteiger partial charge on any atom is 0.133 e. The van der Waals surface area contributed by atoms with Crippen molar-refractivity contribution >= 4 is 17.4 Å². The van der Waals surface area contributed by atoms with E-state index in [-0.39, 0.29) is 11.7 Å². The Kier molecular flexibility index (Phi) is 5.49. The van der Waals surface area contributed by atoms with Crippen molar-refractivity contribution in [3.05, 3.63) is 29.3 Å². The highest BCUT2D eigenvalue weighted by atomic mass is 35.5. The molecule has 3 heteroatoms. The Hall–Kier alpha value is -1.02. The van der Waals surface area contributed by atoms with Crippen LogP contribution in [0.25, 0.3) is 0 Å². The van der Waals surface area contributed by atoms with E-state index in [1.54, 1.807) is 14.0 Å². The highest BCUT2D eigenvalue weighted by molar-refractivity contribution is 6.18. The molecule has 0 amide bonds. The van der Waals surface area contributed by atoms with E-state index in [9.17, 15) is 4.79 Å². The molecule has 0 heterocycles. The number of alkyl halides is 1. The lowest BCUT2D eigenvalue weighted by atomic mass is 9.92. The summed E-state index contributed by atoms with van der Waals surface area (Å²) in [4.78, 5) is 11.5. The quantitative estimate of drug-likeness (QED) is 0.728. The number of hydrogen-bond acceptors (Lipinski definition) is 2. The van der Waals surface area contributed by atoms with Crippen LogP contribution in [0.1, 0.15) is 24.5 Å². The van der Waals surface area contributed by atoms with Gasteiger partial charge in [-0.05, 0) is 38.3 Å². The number of ether oxygens (including phenoxy) is 1. The van der Waals surface area contributed by atoms with Gasteiger partial charge in [-0.2, -0.15) is 0 Å². The molecule has 1 rings (SSSR count). The molecule has 0 spiro atoms. The SMILES string of the molecule is COc1ccc(C)cc1CC(CCCl)C(C)=O. The first-order chi connectivity index (χ1) is 8.08. The Morgan fingerprint density at radius 1 is 1.47 bits per heavy atom. The molecular weight excluding hydrogens is 236 g/mol. The minimum Gasteiger partial charge on any atom is -0.496 e. The van der Waals surface area contributed by atoms with E-state index in [0.29, 0.717) is 18.7 Å². The first-order valence-electron chi connectivity index (χ1n) is 5.78. The zero-order valence-corrected chi connectivity index (χ0v) is 11.4. The number of benzene rings is 1. The fourth-order valence-corrected chi connectivity index (χ4v) is 2.18. The molecule has 2 nitrogen and oxygen atoms in total. The summed E-state index contributed by atoms with van der Waals surface area (Å²) in [5, 5.41) is 0. The second kappa shape index (κ2) is 6.65. The molecule has 0 fully saturated rings. The van der Waals surface area contributed by atoms with Crippen molar-refractivity contribution in [3.8, 4) is 5.75 Å². The number of halogens is 1. The summed E-state index contributed by atoms with van der Waals surface area (Å²) in [5.41, 5.74) is 2.26. The number of aryl methyl sites for hydroxylation is 1. The van der Waals surface area contributed by atoms with Crippen LogP contribution in [-0.4, -0.2) is 18.8 Å². The van der Waals surface area contributed by atoms with E-state index in [4.69, 9.17) is 16.3 Å². The molecule has 0 radical (unpaired) electrons. The van der Waals surface area contributed by atoms with Gasteiger partial charge in [-0.15, -0.1) is 11.6 Å². The highest BCUT2D eigenvalue weighted by Crippen LogP contribution is 2.24. The monoisotopic (exact) mass is 254 g/mol. The number of carbonyl (C=O) groups is 1. The van der Waals surface area contributed by atoms with E-state index < -0.39 is 0 Å². The van der Waals surface area contributed by atoms with Gasteiger partial charge in [0.25, 0.3) is 0 Å². The van der Waals surface area contributed by atoms with Crippen LogP contribution in [0.4, 0.5) is 0 Å². The number of rotatable bonds is 6. The Labute approximate surface area is 108 Å². The van der Waals surface area contributed by atoms with Crippen LogP contribution in [0.3, 0.4) is 0 Å². The maximum atomic E-state index is 11.5. The summed E-state index contributed by atoms with van der Waals surface area (Å²) in [6.07, 6.45) is 1.42. The topological polar surface area (TPSA) is 26.3 Å². The molecule has 1 aromatic rings. The van der Waals surface area contributed by atoms with Gasteiger partial charge in [0.2, 0.25) is 0 Å². The summed E-state index contributed by atoms with van der Waals surface area (Å²) in [6.45, 7) is 3.66. The van der Waals surface area contributed by atoms with Gasteiger partial charge in [-0.25, -0.2) is 0 Å². The molecule has 17 heavy (non-hydrogen) atoms. The molecule has 1 unspecified atom stereocenters. The van der Waals surface area contributed by atoms with Gasteiger partial charge in [0, 0.05) is 11.8 Å². The lowest BCUT2D eigenvalue weighted by molar-refractivity contribution is -0.120. The number of hydrogen-bond donors (Lipinski definition) is 0. The number of carbonyl (C=O) groups excluding carboxylic acids is 1. The average molecular weight is 255 g/mol. The molecule has 0 N–H and O–H groups in total. The molecule has 1 aromatic carbocycles.